The zero-order valence-electron chi connectivity index (χ0n) is 7.46. The lowest BCUT2D eigenvalue weighted by Crippen LogP contribution is -2.28. The second kappa shape index (κ2) is 3.84. The number of carbonyl (C=O) groups is 2. The number of nitrogens with one attached hydrogen (secondary N) is 1. The van der Waals surface area contributed by atoms with E-state index in [0.29, 0.717) is 5.76 Å². The molecular weight excluding hydrogens is 172 g/mol. The van der Waals surface area contributed by atoms with Crippen LogP contribution < -0.4 is 5.32 Å². The third kappa shape index (κ3) is 2.70. The molecule has 5 nitrogen and oxygen atoms in total. The van der Waals surface area contributed by atoms with Crippen molar-refractivity contribution in [3.05, 3.63) is 17.5 Å². The van der Waals surface area contributed by atoms with Crippen molar-refractivity contribution < 1.29 is 14.1 Å². The van der Waals surface area contributed by atoms with Crippen molar-refractivity contribution in [3.63, 3.8) is 0 Å². The van der Waals surface area contributed by atoms with E-state index in [2.05, 4.69) is 10.5 Å². The Morgan fingerprint density at radius 1 is 1.62 bits per heavy atom. The molecular formula is C8H10N2O3. The van der Waals surface area contributed by atoms with Gasteiger partial charge in [-0.3, -0.25) is 9.59 Å². The molecule has 0 saturated carbocycles. The topological polar surface area (TPSA) is 72.2 Å². The highest BCUT2D eigenvalue weighted by Gasteiger charge is 2.10. The summed E-state index contributed by atoms with van der Waals surface area (Å²) in [4.78, 5) is 21.7. The molecule has 1 amide bonds. The Bertz CT molecular complexity index is 330. The van der Waals surface area contributed by atoms with Crippen LogP contribution in [-0.4, -0.2) is 23.4 Å². The fraction of sp³-hybridized carbons (Fsp3) is 0.375. The number of hydrogen-bond acceptors (Lipinski definition) is 4. The summed E-state index contributed by atoms with van der Waals surface area (Å²) in [7, 11) is 0. The van der Waals surface area contributed by atoms with Crippen molar-refractivity contribution in [2.24, 2.45) is 0 Å². The lowest BCUT2D eigenvalue weighted by molar-refractivity contribution is -0.116. The molecule has 0 bridgehead atoms. The molecule has 0 aliphatic rings. The Morgan fingerprint density at radius 3 is 2.77 bits per heavy atom. The van der Waals surface area contributed by atoms with Gasteiger partial charge in [0.25, 0.3) is 5.91 Å². The first-order valence-electron chi connectivity index (χ1n) is 3.80. The van der Waals surface area contributed by atoms with Crippen LogP contribution in [0.5, 0.6) is 0 Å². The van der Waals surface area contributed by atoms with Gasteiger partial charge >= 0.3 is 0 Å². The molecule has 0 aromatic carbocycles. The van der Waals surface area contributed by atoms with E-state index in [9.17, 15) is 9.59 Å². The monoisotopic (exact) mass is 182 g/mol. The van der Waals surface area contributed by atoms with Gasteiger partial charge in [0.05, 0.1) is 6.54 Å². The first-order valence-corrected chi connectivity index (χ1v) is 3.80. The minimum absolute atomic E-state index is 0.0186. The Morgan fingerprint density at radius 2 is 2.31 bits per heavy atom. The highest BCUT2D eigenvalue weighted by atomic mass is 16.5. The van der Waals surface area contributed by atoms with Crippen LogP contribution in [0.25, 0.3) is 0 Å². The van der Waals surface area contributed by atoms with Gasteiger partial charge in [0.15, 0.2) is 5.69 Å². The van der Waals surface area contributed by atoms with E-state index in [0.717, 1.165) is 0 Å². The van der Waals surface area contributed by atoms with E-state index in [4.69, 9.17) is 4.52 Å². The molecule has 70 valence electrons. The van der Waals surface area contributed by atoms with Crippen LogP contribution in [0.1, 0.15) is 23.2 Å². The quantitative estimate of drug-likeness (QED) is 0.729. The summed E-state index contributed by atoms with van der Waals surface area (Å²) in [5, 5.41) is 5.90. The van der Waals surface area contributed by atoms with Gasteiger partial charge in [-0.25, -0.2) is 0 Å². The van der Waals surface area contributed by atoms with Crippen molar-refractivity contribution >= 4 is 11.7 Å². The van der Waals surface area contributed by atoms with Gasteiger partial charge in [0, 0.05) is 6.07 Å². The summed E-state index contributed by atoms with van der Waals surface area (Å²) < 4.78 is 4.70. The molecule has 1 rings (SSSR count). The van der Waals surface area contributed by atoms with Crippen molar-refractivity contribution in [1.29, 1.82) is 0 Å². The second-order valence-electron chi connectivity index (χ2n) is 2.71. The minimum atomic E-state index is -0.396. The molecule has 0 radical (unpaired) electrons. The van der Waals surface area contributed by atoms with Crippen molar-refractivity contribution in [2.75, 3.05) is 6.54 Å². The van der Waals surface area contributed by atoms with Crippen molar-refractivity contribution in [3.8, 4) is 0 Å². The Labute approximate surface area is 75.1 Å². The van der Waals surface area contributed by atoms with Crippen LogP contribution in [0.3, 0.4) is 0 Å². The first kappa shape index (κ1) is 9.44. The molecule has 0 spiro atoms. The van der Waals surface area contributed by atoms with E-state index in [-0.39, 0.29) is 18.0 Å². The normalized spacial score (nSPS) is 9.69. The average Bonchev–Trinajstić information content (AvgIpc) is 2.47. The molecule has 1 aromatic rings. The molecule has 1 aromatic heterocycles. The van der Waals surface area contributed by atoms with Crippen molar-refractivity contribution in [1.82, 2.24) is 10.5 Å². The standard InChI is InChI=1S/C8H10N2O3/c1-5(11)4-9-8(12)7-3-6(2)13-10-7/h3H,4H2,1-2H3,(H,9,12). The molecule has 1 N–H and O–H groups in total. The summed E-state index contributed by atoms with van der Waals surface area (Å²) in [6, 6.07) is 1.51. The third-order valence-corrected chi connectivity index (χ3v) is 1.36. The molecule has 0 atom stereocenters. The number of rotatable bonds is 3. The predicted molar refractivity (Wildman–Crippen MR) is 44.3 cm³/mol. The lowest BCUT2D eigenvalue weighted by Gasteiger charge is -1.96. The SMILES string of the molecule is CC(=O)CNC(=O)c1cc(C)on1. The highest BCUT2D eigenvalue weighted by Crippen LogP contribution is 2.00. The van der Waals surface area contributed by atoms with Gasteiger partial charge in [0.1, 0.15) is 11.5 Å². The number of hydrogen-bond donors (Lipinski definition) is 1. The van der Waals surface area contributed by atoms with Gasteiger partial charge in [-0.2, -0.15) is 0 Å². The molecule has 0 aliphatic heterocycles. The molecule has 13 heavy (non-hydrogen) atoms. The van der Waals surface area contributed by atoms with Crippen molar-refractivity contribution in [2.45, 2.75) is 13.8 Å². The van der Waals surface area contributed by atoms with Gasteiger partial charge < -0.3 is 9.84 Å². The molecule has 1 heterocycles. The molecule has 0 aliphatic carbocycles. The first-order chi connectivity index (χ1) is 6.09. The van der Waals surface area contributed by atoms with Gasteiger partial charge in [-0.1, -0.05) is 5.16 Å². The average molecular weight is 182 g/mol. The van der Waals surface area contributed by atoms with Crippen LogP contribution in [0.4, 0.5) is 0 Å². The fourth-order valence-electron chi connectivity index (χ4n) is 0.769. The number of carbonyl (C=O) groups excluding carboxylic acids is 2. The Kier molecular flexibility index (Phi) is 2.79. The maximum atomic E-state index is 11.2. The maximum Gasteiger partial charge on any atom is 0.273 e. The van der Waals surface area contributed by atoms with Crippen LogP contribution in [0.15, 0.2) is 10.6 Å². The number of nitrogens with zero attached hydrogens (tertiary/aromatic N) is 1. The smallest absolute Gasteiger partial charge is 0.273 e. The van der Waals surface area contributed by atoms with E-state index in [1.807, 2.05) is 0 Å². The largest absolute Gasteiger partial charge is 0.361 e. The van der Waals surface area contributed by atoms with Crippen LogP contribution in [0.2, 0.25) is 0 Å². The van der Waals surface area contributed by atoms with E-state index in [1.165, 1.54) is 13.0 Å². The molecule has 0 fully saturated rings. The molecule has 5 heteroatoms. The maximum absolute atomic E-state index is 11.2. The number of amides is 1. The number of ketones is 1. The fourth-order valence-corrected chi connectivity index (χ4v) is 0.769. The van der Waals surface area contributed by atoms with Crippen LogP contribution in [-0.2, 0) is 4.79 Å². The number of aromatic nitrogens is 1. The van der Waals surface area contributed by atoms with Crippen LogP contribution >= 0.6 is 0 Å². The number of aryl methyl sites for hydroxylation is 1. The second-order valence-corrected chi connectivity index (χ2v) is 2.71. The summed E-state index contributed by atoms with van der Waals surface area (Å²) in [5.41, 5.74) is 0.193. The third-order valence-electron chi connectivity index (χ3n) is 1.36. The van der Waals surface area contributed by atoms with Crippen LogP contribution in [0, 0.1) is 6.92 Å². The van der Waals surface area contributed by atoms with E-state index < -0.39 is 5.91 Å². The van der Waals surface area contributed by atoms with E-state index >= 15 is 0 Å². The lowest BCUT2D eigenvalue weighted by atomic mass is 10.3. The van der Waals surface area contributed by atoms with Gasteiger partial charge in [0.2, 0.25) is 0 Å². The summed E-state index contributed by atoms with van der Waals surface area (Å²) in [6.07, 6.45) is 0. The Balaban J connectivity index is 2.54. The minimum Gasteiger partial charge on any atom is -0.361 e. The van der Waals surface area contributed by atoms with E-state index in [1.54, 1.807) is 6.92 Å². The summed E-state index contributed by atoms with van der Waals surface area (Å²) in [5.74, 6) is 0.0635. The summed E-state index contributed by atoms with van der Waals surface area (Å²) >= 11 is 0. The zero-order chi connectivity index (χ0) is 9.84. The van der Waals surface area contributed by atoms with Gasteiger partial charge in [-0.05, 0) is 13.8 Å². The molecule has 0 unspecified atom stereocenters. The molecule has 0 saturated heterocycles. The highest BCUT2D eigenvalue weighted by molar-refractivity contribution is 5.94. The summed E-state index contributed by atoms with van der Waals surface area (Å²) in [6.45, 7) is 3.10. The zero-order valence-corrected chi connectivity index (χ0v) is 7.46. The number of Topliss-reactive ketones (excluding diaryl/α,β-unsaturated/α-hetero) is 1. The predicted octanol–water partition coefficient (Wildman–Crippen LogP) is 0.302. The van der Waals surface area contributed by atoms with Gasteiger partial charge in [-0.15, -0.1) is 0 Å². The Hall–Kier alpha value is -1.65.